The monoisotopic (exact) mass is 447 g/mol. The average molecular weight is 448 g/mol. The van der Waals surface area contributed by atoms with Crippen LogP contribution in [0.5, 0.6) is 0 Å². The lowest BCUT2D eigenvalue weighted by molar-refractivity contribution is -0.117. The van der Waals surface area contributed by atoms with Crippen LogP contribution in [0.3, 0.4) is 0 Å². The molecule has 0 N–H and O–H groups in total. The van der Waals surface area contributed by atoms with Gasteiger partial charge in [-0.25, -0.2) is 13.2 Å². The van der Waals surface area contributed by atoms with Crippen molar-refractivity contribution in [3.8, 4) is 0 Å². The molecule has 0 spiro atoms. The molecule has 158 valence electrons. The van der Waals surface area contributed by atoms with Crippen LogP contribution in [0, 0.1) is 0 Å². The van der Waals surface area contributed by atoms with Crippen molar-refractivity contribution in [1.82, 2.24) is 0 Å². The highest BCUT2D eigenvalue weighted by molar-refractivity contribution is 7.90. The standard InChI is InChI=1S/C22H22ClNO5S/c1-22(2)17-7-5-6-8-19(17)24(3)20(22)11-14(25)13-29-21(26)16-12-15(30(4,27)28)9-10-18(16)23/h5-12H,13H2,1-4H3/b20-11+. The normalized spacial score (nSPS) is 16.4. The van der Waals surface area contributed by atoms with Crippen molar-refractivity contribution in [2.75, 3.05) is 24.8 Å². The Morgan fingerprint density at radius 1 is 1.17 bits per heavy atom. The van der Waals surface area contributed by atoms with Crippen LogP contribution in [0.1, 0.15) is 29.8 Å². The minimum Gasteiger partial charge on any atom is -0.454 e. The number of anilines is 1. The molecule has 3 rings (SSSR count). The van der Waals surface area contributed by atoms with Crippen LogP contribution in [0.2, 0.25) is 5.02 Å². The number of likely N-dealkylation sites (N-methyl/N-ethyl adjacent to an activating group) is 1. The van der Waals surface area contributed by atoms with E-state index in [1.807, 2.05) is 50.1 Å². The summed E-state index contributed by atoms with van der Waals surface area (Å²) in [6, 6.07) is 11.7. The molecule has 30 heavy (non-hydrogen) atoms. The van der Waals surface area contributed by atoms with Gasteiger partial charge in [0.05, 0.1) is 15.5 Å². The van der Waals surface area contributed by atoms with Gasteiger partial charge in [-0.3, -0.25) is 4.79 Å². The number of allylic oxidation sites excluding steroid dienone is 1. The summed E-state index contributed by atoms with van der Waals surface area (Å²) < 4.78 is 28.5. The molecular formula is C22H22ClNO5S. The molecule has 0 radical (unpaired) electrons. The number of ether oxygens (including phenoxy) is 1. The molecular weight excluding hydrogens is 426 g/mol. The van der Waals surface area contributed by atoms with Crippen LogP contribution in [-0.2, 0) is 24.8 Å². The Balaban J connectivity index is 1.76. The fraction of sp³-hybridized carbons (Fsp3) is 0.273. The van der Waals surface area contributed by atoms with E-state index in [1.54, 1.807) is 0 Å². The fourth-order valence-corrected chi connectivity index (χ4v) is 4.40. The van der Waals surface area contributed by atoms with Crippen molar-refractivity contribution < 1.29 is 22.7 Å². The molecule has 0 aliphatic carbocycles. The summed E-state index contributed by atoms with van der Waals surface area (Å²) in [7, 11) is -1.63. The molecule has 0 bridgehead atoms. The Kier molecular flexibility index (Phi) is 5.80. The quantitative estimate of drug-likeness (QED) is 0.512. The van der Waals surface area contributed by atoms with Gasteiger partial charge in [-0.2, -0.15) is 0 Å². The molecule has 1 aliphatic rings. The molecule has 0 fully saturated rings. The second-order valence-electron chi connectivity index (χ2n) is 7.69. The number of halogens is 1. The van der Waals surface area contributed by atoms with E-state index >= 15 is 0 Å². The van der Waals surface area contributed by atoms with Crippen molar-refractivity contribution in [2.45, 2.75) is 24.2 Å². The van der Waals surface area contributed by atoms with Crippen LogP contribution in [-0.4, -0.2) is 40.1 Å². The Labute approximate surface area is 181 Å². The fourth-order valence-electron chi connectivity index (χ4n) is 3.56. The summed E-state index contributed by atoms with van der Waals surface area (Å²) in [5.74, 6) is -1.25. The van der Waals surface area contributed by atoms with E-state index in [4.69, 9.17) is 16.3 Å². The molecule has 2 aromatic rings. The highest BCUT2D eigenvalue weighted by Gasteiger charge is 2.38. The summed E-state index contributed by atoms with van der Waals surface area (Å²) in [6.07, 6.45) is 2.50. The van der Waals surface area contributed by atoms with Gasteiger partial charge in [0.15, 0.2) is 22.2 Å². The molecule has 0 saturated heterocycles. The summed E-state index contributed by atoms with van der Waals surface area (Å²) in [5.41, 5.74) is 2.43. The number of fused-ring (bicyclic) bond motifs is 1. The van der Waals surface area contributed by atoms with Gasteiger partial charge in [-0.15, -0.1) is 0 Å². The minimum absolute atomic E-state index is 0.0466. The van der Waals surface area contributed by atoms with Gasteiger partial charge < -0.3 is 9.64 Å². The number of rotatable bonds is 5. The number of carbonyl (C=O) groups excluding carboxylic acids is 2. The summed E-state index contributed by atoms with van der Waals surface area (Å²) in [4.78, 5) is 26.8. The van der Waals surface area contributed by atoms with E-state index in [0.29, 0.717) is 0 Å². The average Bonchev–Trinajstić information content (AvgIpc) is 2.86. The Hall–Kier alpha value is -2.64. The van der Waals surface area contributed by atoms with Crippen molar-refractivity contribution in [2.24, 2.45) is 0 Å². The first-order valence-electron chi connectivity index (χ1n) is 9.18. The minimum atomic E-state index is -3.52. The van der Waals surface area contributed by atoms with Gasteiger partial charge in [-0.1, -0.05) is 43.6 Å². The zero-order valence-electron chi connectivity index (χ0n) is 17.1. The lowest BCUT2D eigenvalue weighted by atomic mass is 9.83. The van der Waals surface area contributed by atoms with Crippen molar-refractivity contribution >= 4 is 38.9 Å². The maximum absolute atomic E-state index is 12.5. The van der Waals surface area contributed by atoms with E-state index < -0.39 is 22.4 Å². The van der Waals surface area contributed by atoms with E-state index in [9.17, 15) is 18.0 Å². The number of para-hydroxylation sites is 1. The second kappa shape index (κ2) is 7.89. The number of ketones is 1. The molecule has 1 aliphatic heterocycles. The lowest BCUT2D eigenvalue weighted by Gasteiger charge is -2.23. The smallest absolute Gasteiger partial charge is 0.340 e. The first-order valence-corrected chi connectivity index (χ1v) is 11.4. The van der Waals surface area contributed by atoms with Crippen LogP contribution >= 0.6 is 11.6 Å². The zero-order chi connectivity index (χ0) is 22.3. The number of hydrogen-bond donors (Lipinski definition) is 0. The van der Waals surface area contributed by atoms with Crippen molar-refractivity contribution in [1.29, 1.82) is 0 Å². The van der Waals surface area contributed by atoms with Crippen molar-refractivity contribution in [3.63, 3.8) is 0 Å². The number of sulfone groups is 1. The Bertz CT molecular complexity index is 1170. The van der Waals surface area contributed by atoms with Gasteiger partial charge in [0, 0.05) is 36.2 Å². The summed E-state index contributed by atoms with van der Waals surface area (Å²) in [5, 5.41) is 0.0466. The highest BCUT2D eigenvalue weighted by atomic mass is 35.5. The Morgan fingerprint density at radius 2 is 1.83 bits per heavy atom. The molecule has 0 atom stereocenters. The van der Waals surface area contributed by atoms with E-state index in [1.165, 1.54) is 18.2 Å². The van der Waals surface area contributed by atoms with Gasteiger partial charge in [0.25, 0.3) is 0 Å². The largest absolute Gasteiger partial charge is 0.454 e. The van der Waals surface area contributed by atoms with Crippen LogP contribution in [0.4, 0.5) is 5.69 Å². The molecule has 1 heterocycles. The number of carbonyl (C=O) groups is 2. The number of nitrogens with zero attached hydrogens (tertiary/aromatic N) is 1. The molecule has 0 unspecified atom stereocenters. The first-order chi connectivity index (χ1) is 13.9. The molecule has 0 saturated carbocycles. The number of benzene rings is 2. The third kappa shape index (κ3) is 4.13. The van der Waals surface area contributed by atoms with Crippen LogP contribution < -0.4 is 4.90 Å². The van der Waals surface area contributed by atoms with Gasteiger partial charge >= 0.3 is 5.97 Å². The van der Waals surface area contributed by atoms with Crippen LogP contribution in [0.15, 0.2) is 59.1 Å². The lowest BCUT2D eigenvalue weighted by Crippen LogP contribution is -2.25. The second-order valence-corrected chi connectivity index (χ2v) is 10.1. The molecule has 0 amide bonds. The third-order valence-electron chi connectivity index (χ3n) is 5.17. The summed E-state index contributed by atoms with van der Waals surface area (Å²) >= 11 is 6.00. The maximum atomic E-state index is 12.5. The topological polar surface area (TPSA) is 80.8 Å². The molecule has 0 aromatic heterocycles. The van der Waals surface area contributed by atoms with Crippen LogP contribution in [0.25, 0.3) is 0 Å². The SMILES string of the molecule is CN1/C(=C/C(=O)COC(=O)c2cc(S(C)(=O)=O)ccc2Cl)C(C)(C)c2ccccc21. The predicted molar refractivity (Wildman–Crippen MR) is 116 cm³/mol. The number of esters is 1. The molecule has 2 aromatic carbocycles. The van der Waals surface area contributed by atoms with E-state index in [2.05, 4.69) is 0 Å². The zero-order valence-corrected chi connectivity index (χ0v) is 18.7. The maximum Gasteiger partial charge on any atom is 0.340 e. The third-order valence-corrected chi connectivity index (χ3v) is 6.61. The van der Waals surface area contributed by atoms with Gasteiger partial charge in [-0.05, 0) is 29.8 Å². The van der Waals surface area contributed by atoms with Crippen molar-refractivity contribution in [3.05, 3.63) is 70.4 Å². The summed E-state index contributed by atoms with van der Waals surface area (Å²) in [6.45, 7) is 3.57. The Morgan fingerprint density at radius 3 is 2.47 bits per heavy atom. The molecule has 8 heteroatoms. The highest BCUT2D eigenvalue weighted by Crippen LogP contribution is 2.46. The van der Waals surface area contributed by atoms with Gasteiger partial charge in [0.2, 0.25) is 0 Å². The van der Waals surface area contributed by atoms with E-state index in [-0.39, 0.29) is 26.7 Å². The van der Waals surface area contributed by atoms with E-state index in [0.717, 1.165) is 29.3 Å². The molecule has 6 nitrogen and oxygen atoms in total. The predicted octanol–water partition coefficient (Wildman–Crippen LogP) is 3.78. The first kappa shape index (κ1) is 22.1. The van der Waals surface area contributed by atoms with Gasteiger partial charge in [0.1, 0.15) is 0 Å². The number of hydrogen-bond acceptors (Lipinski definition) is 6.